The third-order valence-electron chi connectivity index (χ3n) is 0.374. The van der Waals surface area contributed by atoms with E-state index in [1.54, 1.807) is 6.92 Å². The van der Waals surface area contributed by atoms with E-state index in [0.717, 1.165) is 0 Å². The van der Waals surface area contributed by atoms with Crippen LogP contribution in [-0.2, 0) is 0 Å². The van der Waals surface area contributed by atoms with E-state index in [-0.39, 0.29) is 0 Å². The van der Waals surface area contributed by atoms with Crippen LogP contribution in [0.4, 0.5) is 0 Å². The van der Waals surface area contributed by atoms with Crippen LogP contribution in [-0.4, -0.2) is 0 Å². The minimum absolute atomic E-state index is 0.414. The summed E-state index contributed by atoms with van der Waals surface area (Å²) in [6.07, 6.45) is 0. The maximum atomic E-state index is 5.30. The van der Waals surface area contributed by atoms with Gasteiger partial charge < -0.3 is 0 Å². The molecule has 0 bridgehead atoms. The highest BCUT2D eigenvalue weighted by molar-refractivity contribution is 6.39. The van der Waals surface area contributed by atoms with E-state index in [4.69, 9.17) is 23.2 Å². The summed E-state index contributed by atoms with van der Waals surface area (Å²) in [5.41, 5.74) is 0. The van der Waals surface area contributed by atoms with Crippen molar-refractivity contribution in [3.8, 4) is 0 Å². The van der Waals surface area contributed by atoms with Crippen LogP contribution in [0.3, 0.4) is 0 Å². The first-order chi connectivity index (χ1) is 2.64. The first-order valence-electron chi connectivity index (χ1n) is 1.48. The van der Waals surface area contributed by atoms with Crippen molar-refractivity contribution in [2.75, 3.05) is 0 Å². The number of halogens is 2. The zero-order chi connectivity index (χ0) is 5.15. The van der Waals surface area contributed by atoms with Crippen molar-refractivity contribution in [2.24, 2.45) is 0 Å². The van der Waals surface area contributed by atoms with Crippen LogP contribution < -0.4 is 0 Å². The molecule has 0 N–H and O–H groups in total. The monoisotopic (exact) mass is 123 g/mol. The van der Waals surface area contributed by atoms with E-state index >= 15 is 0 Å². The first-order valence-corrected chi connectivity index (χ1v) is 2.24. The van der Waals surface area contributed by atoms with Crippen LogP contribution in [0, 0.1) is 6.92 Å². The smallest absolute Gasteiger partial charge is 0.0326 e. The maximum absolute atomic E-state index is 5.30. The van der Waals surface area contributed by atoms with Crippen molar-refractivity contribution in [3.63, 3.8) is 0 Å². The summed E-state index contributed by atoms with van der Waals surface area (Å²) in [5.74, 6) is 0. The van der Waals surface area contributed by atoms with Crippen LogP contribution in [0.25, 0.3) is 0 Å². The average Bonchev–Trinajstić information content (AvgIpc) is 1.36. The largest absolute Gasteiger partial charge is 0.0882 e. The molecule has 0 fully saturated rings. The number of allylic oxidation sites excluding steroid dienone is 2. The fourth-order valence-corrected chi connectivity index (χ4v) is 0. The molecule has 0 aliphatic heterocycles. The Morgan fingerprint density at radius 1 is 1.50 bits per heavy atom. The topological polar surface area (TPSA) is 0 Å². The van der Waals surface area contributed by atoms with Gasteiger partial charge in [-0.1, -0.05) is 23.2 Å². The van der Waals surface area contributed by atoms with Crippen LogP contribution in [0.5, 0.6) is 0 Å². The summed E-state index contributed by atoms with van der Waals surface area (Å²) < 4.78 is 0. The second kappa shape index (κ2) is 2.49. The van der Waals surface area contributed by atoms with Gasteiger partial charge in [0.25, 0.3) is 0 Å². The quantitative estimate of drug-likeness (QED) is 0.465. The Kier molecular flexibility index (Phi) is 2.62. The maximum Gasteiger partial charge on any atom is 0.0326 e. The molecule has 0 saturated carbocycles. The summed E-state index contributed by atoms with van der Waals surface area (Å²) in [7, 11) is 0. The molecule has 0 aliphatic carbocycles. The lowest BCUT2D eigenvalue weighted by Gasteiger charge is -1.81. The van der Waals surface area contributed by atoms with Crippen LogP contribution in [0.15, 0.2) is 10.1 Å². The van der Waals surface area contributed by atoms with Gasteiger partial charge in [0.15, 0.2) is 0 Å². The molecule has 2 heteroatoms. The summed E-state index contributed by atoms with van der Waals surface area (Å²) in [6.45, 7) is 5.04. The normalized spacial score (nSPS) is 14.0. The van der Waals surface area contributed by atoms with Gasteiger partial charge in [0.1, 0.15) is 0 Å². The van der Waals surface area contributed by atoms with Crippen molar-refractivity contribution in [2.45, 2.75) is 6.92 Å². The highest BCUT2D eigenvalue weighted by Crippen LogP contribution is 2.09. The minimum atomic E-state index is 0.414. The molecular weight excluding hydrogens is 119 g/mol. The lowest BCUT2D eigenvalue weighted by molar-refractivity contribution is 1.64. The Bertz CT molecular complexity index is 55.6. The molecule has 0 spiro atoms. The molecule has 0 aromatic rings. The fourth-order valence-electron chi connectivity index (χ4n) is 0. The van der Waals surface area contributed by atoms with Gasteiger partial charge in [-0.25, -0.2) is 0 Å². The Labute approximate surface area is 47.8 Å². The predicted molar refractivity (Wildman–Crippen MR) is 29.8 cm³/mol. The zero-order valence-corrected chi connectivity index (χ0v) is 4.97. The molecule has 0 aromatic carbocycles. The van der Waals surface area contributed by atoms with Crippen molar-refractivity contribution in [3.05, 3.63) is 17.0 Å². The molecule has 0 unspecified atom stereocenters. The molecule has 0 nitrogen and oxygen atoms in total. The lowest BCUT2D eigenvalue weighted by atomic mass is 10.6. The summed E-state index contributed by atoms with van der Waals surface area (Å²) in [5, 5.41) is 0.966. The Hall–Kier alpha value is 0.320. The van der Waals surface area contributed by atoms with E-state index in [0.29, 0.717) is 10.1 Å². The Morgan fingerprint density at radius 2 is 1.67 bits per heavy atom. The highest BCUT2D eigenvalue weighted by atomic mass is 35.5. The molecule has 35 valence electrons. The number of hydrogen-bond donors (Lipinski definition) is 0. The zero-order valence-electron chi connectivity index (χ0n) is 3.46. The molecule has 1 radical (unpaired) electrons. The van der Waals surface area contributed by atoms with Crippen molar-refractivity contribution in [1.82, 2.24) is 0 Å². The first kappa shape index (κ1) is 6.32. The van der Waals surface area contributed by atoms with Gasteiger partial charge >= 0.3 is 0 Å². The van der Waals surface area contributed by atoms with Crippen LogP contribution >= 0.6 is 23.2 Å². The third kappa shape index (κ3) is 2.55. The number of rotatable bonds is 0. The highest BCUT2D eigenvalue weighted by Gasteiger charge is 1.81. The molecule has 0 aliphatic rings. The molecule has 6 heavy (non-hydrogen) atoms. The van der Waals surface area contributed by atoms with E-state index in [2.05, 4.69) is 6.92 Å². The van der Waals surface area contributed by atoms with E-state index in [1.807, 2.05) is 0 Å². The van der Waals surface area contributed by atoms with Crippen molar-refractivity contribution < 1.29 is 0 Å². The average molecular weight is 124 g/mol. The summed E-state index contributed by atoms with van der Waals surface area (Å²) in [4.78, 5) is 0. The minimum Gasteiger partial charge on any atom is -0.0882 e. The van der Waals surface area contributed by atoms with Gasteiger partial charge in [-0.2, -0.15) is 0 Å². The molecular formula is C4H5Cl2. The number of hydrogen-bond acceptors (Lipinski definition) is 0. The van der Waals surface area contributed by atoms with Gasteiger partial charge in [-0.05, 0) is 13.8 Å². The van der Waals surface area contributed by atoms with E-state index in [1.165, 1.54) is 0 Å². The van der Waals surface area contributed by atoms with E-state index < -0.39 is 0 Å². The molecule has 0 heterocycles. The van der Waals surface area contributed by atoms with E-state index in [9.17, 15) is 0 Å². The van der Waals surface area contributed by atoms with Crippen LogP contribution in [0.1, 0.15) is 6.92 Å². The second-order valence-corrected chi connectivity index (χ2v) is 1.96. The fraction of sp³-hybridized carbons (Fsp3) is 0.250. The van der Waals surface area contributed by atoms with Gasteiger partial charge in [-0.15, -0.1) is 0 Å². The third-order valence-corrected chi connectivity index (χ3v) is 0.982. The standard InChI is InChI=1S/C4H5Cl2/c1-3(5)4(2)6/h1H2,2H3. The van der Waals surface area contributed by atoms with Gasteiger partial charge in [-0.3, -0.25) is 0 Å². The summed E-state index contributed by atoms with van der Waals surface area (Å²) >= 11 is 10.5. The molecule has 0 amide bonds. The van der Waals surface area contributed by atoms with Gasteiger partial charge in [0.05, 0.1) is 0 Å². The lowest BCUT2D eigenvalue weighted by Crippen LogP contribution is -1.58. The predicted octanol–water partition coefficient (Wildman–Crippen LogP) is 2.53. The molecule has 0 saturated heterocycles. The Morgan fingerprint density at radius 3 is 1.67 bits per heavy atom. The molecule has 0 atom stereocenters. The van der Waals surface area contributed by atoms with Gasteiger partial charge in [0.2, 0.25) is 0 Å². The van der Waals surface area contributed by atoms with Crippen LogP contribution in [0.2, 0.25) is 0 Å². The summed E-state index contributed by atoms with van der Waals surface area (Å²) in [6, 6.07) is 0. The van der Waals surface area contributed by atoms with Crippen molar-refractivity contribution in [1.29, 1.82) is 0 Å². The second-order valence-electron chi connectivity index (χ2n) is 0.938. The molecule has 0 rings (SSSR count). The Balaban J connectivity index is 3.68. The van der Waals surface area contributed by atoms with Crippen molar-refractivity contribution >= 4 is 23.2 Å². The SMILES string of the molecule is [CH2]C(Cl)=C(C)Cl. The van der Waals surface area contributed by atoms with Gasteiger partial charge in [0, 0.05) is 10.1 Å². The molecule has 0 aromatic heterocycles.